The Morgan fingerprint density at radius 2 is 1.26 bits per heavy atom. The topological polar surface area (TPSA) is 20.2 Å². The second kappa shape index (κ2) is 5.83. The van der Waals surface area contributed by atoms with E-state index in [4.69, 9.17) is 0 Å². The lowest BCUT2D eigenvalue weighted by molar-refractivity contribution is -0.248. The van der Waals surface area contributed by atoms with E-state index in [9.17, 15) is 31.4 Å². The molecule has 0 saturated carbocycles. The van der Waals surface area contributed by atoms with Gasteiger partial charge in [0, 0.05) is 4.47 Å². The summed E-state index contributed by atoms with van der Waals surface area (Å²) < 4.78 is 78.3. The van der Waals surface area contributed by atoms with Gasteiger partial charge in [-0.2, -0.15) is 26.3 Å². The van der Waals surface area contributed by atoms with Gasteiger partial charge in [-0.25, -0.2) is 0 Å². The van der Waals surface area contributed by atoms with Crippen molar-refractivity contribution in [2.75, 3.05) is 0 Å². The minimum atomic E-state index is -5.12. The maximum atomic E-state index is 13.5. The van der Waals surface area contributed by atoms with Crippen LogP contribution in [-0.4, -0.2) is 11.3 Å². The SMILES string of the molecule is OC(c1ccc(C(F)(F)F)cc1)(c1cccc(Br)c1)C(F)(F)F. The second-order valence-corrected chi connectivity index (χ2v) is 5.71. The number of halogens is 7. The standard InChI is InChI=1S/C15H9BrF6O/c16-12-3-1-2-11(8-12)13(23,15(20,21)22)9-4-6-10(7-5-9)14(17,18)19/h1-8,23H. The molecule has 0 fully saturated rings. The molecule has 0 aliphatic heterocycles. The fourth-order valence-electron chi connectivity index (χ4n) is 2.11. The molecule has 0 radical (unpaired) electrons. The second-order valence-electron chi connectivity index (χ2n) is 4.79. The molecule has 0 spiro atoms. The third-order valence-corrected chi connectivity index (χ3v) is 3.78. The number of hydrogen-bond acceptors (Lipinski definition) is 1. The van der Waals surface area contributed by atoms with Crippen molar-refractivity contribution in [3.63, 3.8) is 0 Å². The molecular weight excluding hydrogens is 390 g/mol. The van der Waals surface area contributed by atoms with Gasteiger partial charge in [0.2, 0.25) is 5.60 Å². The maximum Gasteiger partial charge on any atom is 0.425 e. The zero-order valence-electron chi connectivity index (χ0n) is 11.2. The number of benzene rings is 2. The third kappa shape index (κ3) is 3.37. The predicted octanol–water partition coefficient (Wildman–Crippen LogP) is 5.27. The van der Waals surface area contributed by atoms with Crippen LogP contribution in [0.2, 0.25) is 0 Å². The summed E-state index contributed by atoms with van der Waals surface area (Å²) in [5, 5.41) is 10.3. The Balaban J connectivity index is 2.60. The molecule has 124 valence electrons. The largest absolute Gasteiger partial charge is 0.425 e. The lowest BCUT2D eigenvalue weighted by atomic mass is 9.85. The van der Waals surface area contributed by atoms with E-state index in [1.807, 2.05) is 0 Å². The van der Waals surface area contributed by atoms with Crippen LogP contribution in [0.4, 0.5) is 26.3 Å². The average Bonchev–Trinajstić information content (AvgIpc) is 2.44. The molecular formula is C15H9BrF6O. The zero-order valence-corrected chi connectivity index (χ0v) is 12.8. The third-order valence-electron chi connectivity index (χ3n) is 3.28. The number of alkyl halides is 6. The van der Waals surface area contributed by atoms with Crippen molar-refractivity contribution in [2.24, 2.45) is 0 Å². The van der Waals surface area contributed by atoms with Crippen LogP contribution in [0.3, 0.4) is 0 Å². The van der Waals surface area contributed by atoms with Crippen molar-refractivity contribution in [1.29, 1.82) is 0 Å². The van der Waals surface area contributed by atoms with E-state index < -0.39 is 34.6 Å². The van der Waals surface area contributed by atoms with E-state index in [1.54, 1.807) is 0 Å². The van der Waals surface area contributed by atoms with Crippen molar-refractivity contribution >= 4 is 15.9 Å². The number of rotatable bonds is 2. The first kappa shape index (κ1) is 17.8. The Hall–Kier alpha value is -1.54. The Morgan fingerprint density at radius 1 is 0.739 bits per heavy atom. The first-order valence-electron chi connectivity index (χ1n) is 6.19. The Bertz CT molecular complexity index is 692. The van der Waals surface area contributed by atoms with Crippen LogP contribution in [-0.2, 0) is 11.8 Å². The Morgan fingerprint density at radius 3 is 1.70 bits per heavy atom. The quantitative estimate of drug-likeness (QED) is 0.683. The highest BCUT2D eigenvalue weighted by Crippen LogP contribution is 2.45. The van der Waals surface area contributed by atoms with Crippen LogP contribution in [0, 0.1) is 0 Å². The summed E-state index contributed by atoms with van der Waals surface area (Å²) in [6.45, 7) is 0. The summed E-state index contributed by atoms with van der Waals surface area (Å²) in [6, 6.07) is 7.12. The maximum absolute atomic E-state index is 13.5. The first-order chi connectivity index (χ1) is 10.5. The number of aliphatic hydroxyl groups is 1. The van der Waals surface area contributed by atoms with Crippen LogP contribution in [0.1, 0.15) is 16.7 Å². The average molecular weight is 399 g/mol. The molecule has 0 saturated heterocycles. The predicted molar refractivity (Wildman–Crippen MR) is 74.6 cm³/mol. The van der Waals surface area contributed by atoms with Gasteiger partial charge >= 0.3 is 12.4 Å². The minimum absolute atomic E-state index is 0.296. The van der Waals surface area contributed by atoms with Gasteiger partial charge in [0.1, 0.15) is 0 Å². The van der Waals surface area contributed by atoms with E-state index in [0.717, 1.165) is 12.1 Å². The van der Waals surface area contributed by atoms with E-state index in [1.165, 1.54) is 12.1 Å². The smallest absolute Gasteiger partial charge is 0.372 e. The summed E-state index contributed by atoms with van der Waals surface area (Å²) in [5.74, 6) is 0. The van der Waals surface area contributed by atoms with Gasteiger partial charge in [-0.3, -0.25) is 0 Å². The van der Waals surface area contributed by atoms with Crippen LogP contribution >= 0.6 is 15.9 Å². The molecule has 0 bridgehead atoms. The van der Waals surface area contributed by atoms with Crippen molar-refractivity contribution in [3.8, 4) is 0 Å². The molecule has 23 heavy (non-hydrogen) atoms. The highest BCUT2D eigenvalue weighted by atomic mass is 79.9. The molecule has 0 amide bonds. The van der Waals surface area contributed by atoms with E-state index in [-0.39, 0.29) is 0 Å². The monoisotopic (exact) mass is 398 g/mol. The van der Waals surface area contributed by atoms with Crippen molar-refractivity contribution < 1.29 is 31.4 Å². The van der Waals surface area contributed by atoms with Gasteiger partial charge in [-0.05, 0) is 35.4 Å². The fraction of sp³-hybridized carbons (Fsp3) is 0.200. The van der Waals surface area contributed by atoms with Gasteiger partial charge in [0.05, 0.1) is 5.56 Å². The molecule has 8 heteroatoms. The van der Waals surface area contributed by atoms with Gasteiger partial charge in [-0.1, -0.05) is 40.2 Å². The van der Waals surface area contributed by atoms with Crippen molar-refractivity contribution in [1.82, 2.24) is 0 Å². The molecule has 0 heterocycles. The summed E-state index contributed by atoms with van der Waals surface area (Å²) >= 11 is 3.00. The number of hydrogen-bond donors (Lipinski definition) is 1. The van der Waals surface area contributed by atoms with E-state index in [0.29, 0.717) is 28.7 Å². The van der Waals surface area contributed by atoms with Crippen molar-refractivity contribution in [2.45, 2.75) is 18.0 Å². The van der Waals surface area contributed by atoms with Crippen molar-refractivity contribution in [3.05, 3.63) is 69.7 Å². The lowest BCUT2D eigenvalue weighted by Crippen LogP contribution is -2.43. The van der Waals surface area contributed by atoms with Crippen LogP contribution in [0.15, 0.2) is 53.0 Å². The highest BCUT2D eigenvalue weighted by molar-refractivity contribution is 9.10. The van der Waals surface area contributed by atoms with Gasteiger partial charge in [0.25, 0.3) is 0 Å². The first-order valence-corrected chi connectivity index (χ1v) is 6.98. The minimum Gasteiger partial charge on any atom is -0.372 e. The van der Waals surface area contributed by atoms with Gasteiger partial charge in [-0.15, -0.1) is 0 Å². The summed E-state index contributed by atoms with van der Waals surface area (Å²) in [7, 11) is 0. The van der Waals surface area contributed by atoms with E-state index >= 15 is 0 Å². The van der Waals surface area contributed by atoms with E-state index in [2.05, 4.69) is 15.9 Å². The van der Waals surface area contributed by atoms with Gasteiger partial charge in [0.15, 0.2) is 0 Å². The summed E-state index contributed by atoms with van der Waals surface area (Å²) in [4.78, 5) is 0. The summed E-state index contributed by atoms with van der Waals surface area (Å²) in [5.41, 5.74) is -5.71. The van der Waals surface area contributed by atoms with Crippen LogP contribution in [0.25, 0.3) is 0 Å². The normalized spacial score (nSPS) is 15.3. The molecule has 2 rings (SSSR count). The van der Waals surface area contributed by atoms with Crippen LogP contribution in [0.5, 0.6) is 0 Å². The molecule has 0 aliphatic carbocycles. The molecule has 1 nitrogen and oxygen atoms in total. The molecule has 0 aliphatic rings. The molecule has 2 aromatic rings. The zero-order chi connectivity index (χ0) is 17.5. The molecule has 2 aromatic carbocycles. The lowest BCUT2D eigenvalue weighted by Gasteiger charge is -2.31. The van der Waals surface area contributed by atoms with Gasteiger partial charge < -0.3 is 5.11 Å². The molecule has 1 atom stereocenters. The Kier molecular flexibility index (Phi) is 4.51. The molecule has 0 aromatic heterocycles. The summed E-state index contributed by atoms with van der Waals surface area (Å²) in [6.07, 6.45) is -9.79. The van der Waals surface area contributed by atoms with Crippen LogP contribution < -0.4 is 0 Å². The fourth-order valence-corrected chi connectivity index (χ4v) is 2.51. The highest BCUT2D eigenvalue weighted by Gasteiger charge is 2.56. The molecule has 1 N–H and O–H groups in total. The molecule has 1 unspecified atom stereocenters. The Labute approximate surface area is 135 Å².